The van der Waals surface area contributed by atoms with Crippen LogP contribution in [-0.2, 0) is 10.2 Å². The molecule has 164 valence electrons. The number of nitrogens with zero attached hydrogens (tertiary/aromatic N) is 1. The predicted octanol–water partition coefficient (Wildman–Crippen LogP) is 7.19. The van der Waals surface area contributed by atoms with Crippen LogP contribution in [0.3, 0.4) is 0 Å². The zero-order valence-corrected chi connectivity index (χ0v) is 20.2. The summed E-state index contributed by atoms with van der Waals surface area (Å²) in [4.78, 5) is 16.7. The number of carbonyl (C=O) groups is 1. The van der Waals surface area contributed by atoms with E-state index in [-0.39, 0.29) is 23.3 Å². The minimum absolute atomic E-state index is 0.0689. The molecule has 2 aromatic carbocycles. The Kier molecular flexibility index (Phi) is 7.07. The van der Waals surface area contributed by atoms with Gasteiger partial charge in [-0.15, -0.1) is 11.3 Å². The van der Waals surface area contributed by atoms with Crippen LogP contribution in [0.2, 0.25) is 5.02 Å². The molecule has 0 unspecified atom stereocenters. The van der Waals surface area contributed by atoms with E-state index in [4.69, 9.17) is 16.3 Å². The number of hydrogen-bond acceptors (Lipinski definition) is 4. The second-order valence-electron chi connectivity index (χ2n) is 9.53. The molecule has 31 heavy (non-hydrogen) atoms. The predicted molar refractivity (Wildman–Crippen MR) is 130 cm³/mol. The van der Waals surface area contributed by atoms with Crippen molar-refractivity contribution in [3.8, 4) is 17.0 Å². The number of hydrogen-bond donors (Lipinski definition) is 1. The Labute approximate surface area is 193 Å². The van der Waals surface area contributed by atoms with Crippen LogP contribution in [0.25, 0.3) is 11.3 Å². The van der Waals surface area contributed by atoms with Gasteiger partial charge in [-0.2, -0.15) is 0 Å². The van der Waals surface area contributed by atoms with E-state index in [9.17, 15) is 4.79 Å². The number of anilines is 1. The fourth-order valence-electron chi connectivity index (χ4n) is 3.82. The van der Waals surface area contributed by atoms with Crippen molar-refractivity contribution in [3.63, 3.8) is 0 Å². The van der Waals surface area contributed by atoms with Gasteiger partial charge >= 0.3 is 0 Å². The fraction of sp³-hybridized carbons (Fsp3) is 0.360. The van der Waals surface area contributed by atoms with E-state index in [0.717, 1.165) is 17.7 Å². The van der Waals surface area contributed by atoms with E-state index >= 15 is 0 Å². The number of benzene rings is 2. The standard InChI is InChI=1S/C25H29ClN2O2S/c1-24(2,3)16-25(4,5)18-8-12-20(13-9-18)30-14-22(29)28-23-27-21(15-31-23)17-6-10-19(26)11-7-17/h6-13,15H,14,16H2,1-5H3,(H,27,28,29). The van der Waals surface area contributed by atoms with Crippen LogP contribution >= 0.6 is 22.9 Å². The second-order valence-corrected chi connectivity index (χ2v) is 10.8. The molecule has 0 radical (unpaired) electrons. The lowest BCUT2D eigenvalue weighted by Gasteiger charge is -2.33. The monoisotopic (exact) mass is 456 g/mol. The van der Waals surface area contributed by atoms with Crippen LogP contribution in [-0.4, -0.2) is 17.5 Å². The first-order valence-electron chi connectivity index (χ1n) is 10.3. The van der Waals surface area contributed by atoms with Gasteiger partial charge in [-0.3, -0.25) is 10.1 Å². The quantitative estimate of drug-likeness (QED) is 0.409. The molecule has 0 saturated heterocycles. The van der Waals surface area contributed by atoms with E-state index in [1.165, 1.54) is 16.9 Å². The Bertz CT molecular complexity index is 1020. The van der Waals surface area contributed by atoms with Gasteiger partial charge in [-0.25, -0.2) is 4.98 Å². The van der Waals surface area contributed by atoms with Gasteiger partial charge in [0.1, 0.15) is 5.75 Å². The Morgan fingerprint density at radius 1 is 1.03 bits per heavy atom. The van der Waals surface area contributed by atoms with Crippen molar-refractivity contribution >= 4 is 34.0 Å². The molecule has 1 N–H and O–H groups in total. The molecule has 3 aromatic rings. The van der Waals surface area contributed by atoms with Crippen molar-refractivity contribution in [2.45, 2.75) is 46.5 Å². The topological polar surface area (TPSA) is 51.2 Å². The molecule has 0 aliphatic carbocycles. The Morgan fingerprint density at radius 2 is 1.68 bits per heavy atom. The zero-order valence-electron chi connectivity index (χ0n) is 18.7. The highest BCUT2D eigenvalue weighted by atomic mass is 35.5. The highest BCUT2D eigenvalue weighted by Gasteiger charge is 2.27. The molecule has 0 aliphatic heterocycles. The zero-order chi connectivity index (χ0) is 22.6. The molecule has 4 nitrogen and oxygen atoms in total. The summed E-state index contributed by atoms with van der Waals surface area (Å²) in [7, 11) is 0. The third kappa shape index (κ3) is 6.81. The maximum Gasteiger partial charge on any atom is 0.264 e. The van der Waals surface area contributed by atoms with E-state index in [0.29, 0.717) is 15.9 Å². The molecular formula is C25H29ClN2O2S. The smallest absolute Gasteiger partial charge is 0.264 e. The van der Waals surface area contributed by atoms with Crippen molar-refractivity contribution in [2.75, 3.05) is 11.9 Å². The summed E-state index contributed by atoms with van der Waals surface area (Å²) in [6.45, 7) is 11.2. The molecule has 0 saturated carbocycles. The fourth-order valence-corrected chi connectivity index (χ4v) is 4.68. The number of thiazole rings is 1. The lowest BCUT2D eigenvalue weighted by Crippen LogP contribution is -2.24. The molecule has 1 aromatic heterocycles. The minimum Gasteiger partial charge on any atom is -0.484 e. The average molecular weight is 457 g/mol. The van der Waals surface area contributed by atoms with Crippen molar-refractivity contribution < 1.29 is 9.53 Å². The van der Waals surface area contributed by atoms with Gasteiger partial charge in [-0.05, 0) is 47.1 Å². The SMILES string of the molecule is CC(C)(C)CC(C)(C)c1ccc(OCC(=O)Nc2nc(-c3ccc(Cl)cc3)cs2)cc1. The molecule has 1 heterocycles. The first kappa shape index (κ1) is 23.3. The van der Waals surface area contributed by atoms with Gasteiger partial charge in [-0.1, -0.05) is 70.5 Å². The molecule has 0 spiro atoms. The molecule has 0 fully saturated rings. The van der Waals surface area contributed by atoms with Crippen molar-refractivity contribution in [2.24, 2.45) is 5.41 Å². The third-order valence-electron chi connectivity index (χ3n) is 4.87. The summed E-state index contributed by atoms with van der Waals surface area (Å²) < 4.78 is 5.66. The summed E-state index contributed by atoms with van der Waals surface area (Å²) in [6, 6.07) is 15.5. The molecule has 0 aliphatic rings. The van der Waals surface area contributed by atoms with Crippen LogP contribution in [0.1, 0.15) is 46.6 Å². The number of nitrogens with one attached hydrogen (secondary N) is 1. The lowest BCUT2D eigenvalue weighted by atomic mass is 9.72. The van der Waals surface area contributed by atoms with E-state index in [1.807, 2.05) is 41.8 Å². The number of ether oxygens (including phenoxy) is 1. The average Bonchev–Trinajstić information content (AvgIpc) is 3.14. The van der Waals surface area contributed by atoms with Crippen molar-refractivity contribution in [1.82, 2.24) is 4.98 Å². The number of rotatable bonds is 7. The first-order chi connectivity index (χ1) is 14.5. The van der Waals surface area contributed by atoms with Crippen molar-refractivity contribution in [1.29, 1.82) is 0 Å². The highest BCUT2D eigenvalue weighted by molar-refractivity contribution is 7.14. The van der Waals surface area contributed by atoms with Gasteiger partial charge in [0.25, 0.3) is 5.91 Å². The highest BCUT2D eigenvalue weighted by Crippen LogP contribution is 2.36. The van der Waals surface area contributed by atoms with Crippen LogP contribution in [0, 0.1) is 5.41 Å². The first-order valence-corrected chi connectivity index (χ1v) is 11.5. The Balaban J connectivity index is 1.54. The van der Waals surface area contributed by atoms with Crippen molar-refractivity contribution in [3.05, 3.63) is 64.5 Å². The number of amides is 1. The normalized spacial score (nSPS) is 11.9. The lowest BCUT2D eigenvalue weighted by molar-refractivity contribution is -0.118. The number of halogens is 1. The van der Waals surface area contributed by atoms with Crippen LogP contribution in [0.4, 0.5) is 5.13 Å². The summed E-state index contributed by atoms with van der Waals surface area (Å²) in [6.07, 6.45) is 1.08. The third-order valence-corrected chi connectivity index (χ3v) is 5.88. The molecular weight excluding hydrogens is 428 g/mol. The van der Waals surface area contributed by atoms with Gasteiger partial charge in [0.05, 0.1) is 5.69 Å². The maximum atomic E-state index is 12.3. The summed E-state index contributed by atoms with van der Waals surface area (Å²) in [5, 5.41) is 5.91. The van der Waals surface area contributed by atoms with E-state index < -0.39 is 0 Å². The van der Waals surface area contributed by atoms with Crippen LogP contribution in [0.15, 0.2) is 53.9 Å². The largest absolute Gasteiger partial charge is 0.484 e. The van der Waals surface area contributed by atoms with Crippen LogP contribution < -0.4 is 10.1 Å². The molecule has 0 bridgehead atoms. The number of aromatic nitrogens is 1. The molecule has 0 atom stereocenters. The number of carbonyl (C=O) groups excluding carboxylic acids is 1. The maximum absolute atomic E-state index is 12.3. The van der Waals surface area contributed by atoms with Gasteiger partial charge in [0.2, 0.25) is 0 Å². The molecule has 6 heteroatoms. The van der Waals surface area contributed by atoms with E-state index in [2.05, 4.69) is 57.1 Å². The molecule has 1 amide bonds. The van der Waals surface area contributed by atoms with Crippen LogP contribution in [0.5, 0.6) is 5.75 Å². The molecule has 3 rings (SSSR count). The summed E-state index contributed by atoms with van der Waals surface area (Å²) in [5.74, 6) is 0.431. The summed E-state index contributed by atoms with van der Waals surface area (Å²) in [5.41, 5.74) is 3.33. The van der Waals surface area contributed by atoms with Gasteiger partial charge < -0.3 is 4.74 Å². The minimum atomic E-state index is -0.242. The van der Waals surface area contributed by atoms with E-state index in [1.54, 1.807) is 0 Å². The Morgan fingerprint density at radius 3 is 2.29 bits per heavy atom. The van der Waals surface area contributed by atoms with Gasteiger partial charge in [0.15, 0.2) is 11.7 Å². The summed E-state index contributed by atoms with van der Waals surface area (Å²) >= 11 is 7.30. The van der Waals surface area contributed by atoms with Gasteiger partial charge in [0, 0.05) is 16.0 Å². The second kappa shape index (κ2) is 9.41. The Hall–Kier alpha value is -2.37.